The lowest BCUT2D eigenvalue weighted by atomic mass is 10.0. The average Bonchev–Trinajstić information content (AvgIpc) is 2.34. The van der Waals surface area contributed by atoms with Gasteiger partial charge in [-0.05, 0) is 37.7 Å². The second kappa shape index (κ2) is 6.35. The van der Waals surface area contributed by atoms with Crippen LogP contribution in [-0.4, -0.2) is 27.8 Å². The van der Waals surface area contributed by atoms with Crippen molar-refractivity contribution < 1.29 is 9.47 Å². The summed E-state index contributed by atoms with van der Waals surface area (Å²) in [6.45, 7) is 0.898. The Kier molecular flexibility index (Phi) is 5.08. The van der Waals surface area contributed by atoms with E-state index in [1.165, 1.54) is 0 Å². The fourth-order valence-corrected chi connectivity index (χ4v) is 1.55. The first kappa shape index (κ1) is 12.8. The van der Waals surface area contributed by atoms with Crippen molar-refractivity contribution in [3.8, 4) is 11.5 Å². The van der Waals surface area contributed by atoms with Crippen LogP contribution < -0.4 is 20.5 Å². The van der Waals surface area contributed by atoms with Crippen molar-refractivity contribution in [1.29, 1.82) is 0 Å². The predicted molar refractivity (Wildman–Crippen MR) is 65.0 cm³/mol. The Morgan fingerprint density at radius 3 is 2.50 bits per heavy atom. The number of nitrogens with one attached hydrogen (secondary N) is 1. The van der Waals surface area contributed by atoms with E-state index in [1.54, 1.807) is 14.2 Å². The lowest BCUT2D eigenvalue weighted by Gasteiger charge is -2.14. The zero-order valence-corrected chi connectivity index (χ0v) is 10.1. The Bertz CT molecular complexity index is 329. The predicted octanol–water partition coefficient (Wildman–Crippen LogP) is 1.31. The number of benzene rings is 1. The molecular weight excluding hydrogens is 204 g/mol. The fourth-order valence-electron chi connectivity index (χ4n) is 1.55. The van der Waals surface area contributed by atoms with Gasteiger partial charge in [-0.15, -0.1) is 0 Å². The van der Waals surface area contributed by atoms with E-state index in [9.17, 15) is 0 Å². The molecule has 0 bridgehead atoms. The van der Waals surface area contributed by atoms with Gasteiger partial charge in [0.05, 0.1) is 14.2 Å². The van der Waals surface area contributed by atoms with Gasteiger partial charge >= 0.3 is 0 Å². The number of methoxy groups -OCH3 is 2. The van der Waals surface area contributed by atoms with E-state index in [4.69, 9.17) is 15.2 Å². The second-order valence-electron chi connectivity index (χ2n) is 3.61. The van der Waals surface area contributed by atoms with Crippen molar-refractivity contribution >= 4 is 0 Å². The van der Waals surface area contributed by atoms with E-state index in [2.05, 4.69) is 5.32 Å². The molecule has 0 aliphatic rings. The Balaban J connectivity index is 2.81. The van der Waals surface area contributed by atoms with Gasteiger partial charge in [-0.2, -0.15) is 0 Å². The quantitative estimate of drug-likeness (QED) is 0.765. The second-order valence-corrected chi connectivity index (χ2v) is 3.61. The first-order valence-electron chi connectivity index (χ1n) is 5.35. The molecule has 16 heavy (non-hydrogen) atoms. The Morgan fingerprint density at radius 2 is 1.94 bits per heavy atom. The van der Waals surface area contributed by atoms with E-state index >= 15 is 0 Å². The highest BCUT2D eigenvalue weighted by Gasteiger charge is 2.09. The molecule has 0 saturated heterocycles. The SMILES string of the molecule is CNCCC(N)c1ccc(OC)c(OC)c1. The van der Waals surface area contributed by atoms with Crippen LogP contribution in [0.15, 0.2) is 18.2 Å². The van der Waals surface area contributed by atoms with Crippen molar-refractivity contribution in [3.05, 3.63) is 23.8 Å². The van der Waals surface area contributed by atoms with Crippen LogP contribution in [0.25, 0.3) is 0 Å². The summed E-state index contributed by atoms with van der Waals surface area (Å²) < 4.78 is 10.4. The summed E-state index contributed by atoms with van der Waals surface area (Å²) in [6, 6.07) is 5.81. The monoisotopic (exact) mass is 224 g/mol. The Hall–Kier alpha value is -1.26. The standard InChI is InChI=1S/C12H20N2O2/c1-14-7-6-10(13)9-4-5-11(15-2)12(8-9)16-3/h4-5,8,10,14H,6-7,13H2,1-3H3. The maximum atomic E-state index is 6.06. The maximum absolute atomic E-state index is 6.06. The van der Waals surface area contributed by atoms with Crippen LogP contribution in [0.1, 0.15) is 18.0 Å². The number of nitrogens with two attached hydrogens (primary N) is 1. The number of hydrogen-bond acceptors (Lipinski definition) is 4. The molecule has 4 nitrogen and oxygen atoms in total. The number of ether oxygens (including phenoxy) is 2. The fraction of sp³-hybridized carbons (Fsp3) is 0.500. The molecule has 1 atom stereocenters. The van der Waals surface area contributed by atoms with Crippen LogP contribution in [0.2, 0.25) is 0 Å². The normalized spacial score (nSPS) is 12.2. The molecule has 4 heteroatoms. The van der Waals surface area contributed by atoms with Gasteiger partial charge in [0.15, 0.2) is 11.5 Å². The van der Waals surface area contributed by atoms with Gasteiger partial charge in [0.1, 0.15) is 0 Å². The molecule has 90 valence electrons. The van der Waals surface area contributed by atoms with Crippen LogP contribution in [0.3, 0.4) is 0 Å². The third-order valence-corrected chi connectivity index (χ3v) is 2.54. The molecule has 1 aromatic rings. The lowest BCUT2D eigenvalue weighted by Crippen LogP contribution is -2.17. The molecule has 1 rings (SSSR count). The summed E-state index contributed by atoms with van der Waals surface area (Å²) in [4.78, 5) is 0. The molecule has 0 fully saturated rings. The van der Waals surface area contributed by atoms with Gasteiger partial charge in [0, 0.05) is 6.04 Å². The molecule has 3 N–H and O–H groups in total. The van der Waals surface area contributed by atoms with Crippen LogP contribution in [0.5, 0.6) is 11.5 Å². The van der Waals surface area contributed by atoms with E-state index in [0.29, 0.717) is 0 Å². The third kappa shape index (κ3) is 3.12. The molecule has 0 amide bonds. The van der Waals surface area contributed by atoms with Crippen LogP contribution in [0.4, 0.5) is 0 Å². The summed E-state index contributed by atoms with van der Waals surface area (Å²) in [6.07, 6.45) is 0.895. The average molecular weight is 224 g/mol. The first-order chi connectivity index (χ1) is 7.72. The highest BCUT2D eigenvalue weighted by Crippen LogP contribution is 2.29. The minimum atomic E-state index is 0.0206. The van der Waals surface area contributed by atoms with Crippen LogP contribution >= 0.6 is 0 Å². The highest BCUT2D eigenvalue weighted by atomic mass is 16.5. The van der Waals surface area contributed by atoms with Crippen molar-refractivity contribution in [2.75, 3.05) is 27.8 Å². The van der Waals surface area contributed by atoms with Gasteiger partial charge in [0.2, 0.25) is 0 Å². The molecule has 1 aromatic carbocycles. The number of hydrogen-bond donors (Lipinski definition) is 2. The molecule has 0 saturated carbocycles. The molecule has 0 radical (unpaired) electrons. The molecular formula is C12H20N2O2. The van der Waals surface area contributed by atoms with Gasteiger partial charge in [0.25, 0.3) is 0 Å². The minimum absolute atomic E-state index is 0.0206. The van der Waals surface area contributed by atoms with Gasteiger partial charge < -0.3 is 20.5 Å². The summed E-state index contributed by atoms with van der Waals surface area (Å²) >= 11 is 0. The Labute approximate surface area is 96.7 Å². The zero-order valence-electron chi connectivity index (χ0n) is 10.1. The van der Waals surface area contributed by atoms with E-state index < -0.39 is 0 Å². The maximum Gasteiger partial charge on any atom is 0.161 e. The summed E-state index contributed by atoms with van der Waals surface area (Å²) in [7, 11) is 5.17. The number of rotatable bonds is 6. The van der Waals surface area contributed by atoms with E-state index in [-0.39, 0.29) is 6.04 Å². The van der Waals surface area contributed by atoms with Crippen molar-refractivity contribution in [3.63, 3.8) is 0 Å². The van der Waals surface area contributed by atoms with Crippen molar-refractivity contribution in [1.82, 2.24) is 5.32 Å². The Morgan fingerprint density at radius 1 is 1.25 bits per heavy atom. The van der Waals surface area contributed by atoms with Gasteiger partial charge in [-0.25, -0.2) is 0 Å². The minimum Gasteiger partial charge on any atom is -0.493 e. The van der Waals surface area contributed by atoms with Crippen molar-refractivity contribution in [2.24, 2.45) is 5.73 Å². The molecule has 0 heterocycles. The van der Waals surface area contributed by atoms with E-state index in [0.717, 1.165) is 30.0 Å². The smallest absolute Gasteiger partial charge is 0.161 e. The molecule has 0 aromatic heterocycles. The largest absolute Gasteiger partial charge is 0.493 e. The molecule has 0 aliphatic carbocycles. The molecule has 0 spiro atoms. The zero-order chi connectivity index (χ0) is 12.0. The van der Waals surface area contributed by atoms with E-state index in [1.807, 2.05) is 25.2 Å². The first-order valence-corrected chi connectivity index (χ1v) is 5.35. The molecule has 1 unspecified atom stereocenters. The van der Waals surface area contributed by atoms with Crippen molar-refractivity contribution in [2.45, 2.75) is 12.5 Å². The summed E-state index contributed by atoms with van der Waals surface area (Å²) in [5.41, 5.74) is 7.12. The third-order valence-electron chi connectivity index (χ3n) is 2.54. The van der Waals surface area contributed by atoms with Crippen LogP contribution in [-0.2, 0) is 0 Å². The summed E-state index contributed by atoms with van der Waals surface area (Å²) in [5.74, 6) is 1.45. The molecule has 0 aliphatic heterocycles. The topological polar surface area (TPSA) is 56.5 Å². The lowest BCUT2D eigenvalue weighted by molar-refractivity contribution is 0.354. The van der Waals surface area contributed by atoms with Crippen LogP contribution in [0, 0.1) is 0 Å². The van der Waals surface area contributed by atoms with Gasteiger partial charge in [-0.3, -0.25) is 0 Å². The highest BCUT2D eigenvalue weighted by molar-refractivity contribution is 5.43. The summed E-state index contributed by atoms with van der Waals surface area (Å²) in [5, 5.41) is 3.08. The van der Waals surface area contributed by atoms with Gasteiger partial charge in [-0.1, -0.05) is 6.07 Å².